The van der Waals surface area contributed by atoms with Gasteiger partial charge < -0.3 is 9.84 Å². The summed E-state index contributed by atoms with van der Waals surface area (Å²) < 4.78 is 5.58. The van der Waals surface area contributed by atoms with Crippen LogP contribution in [0.15, 0.2) is 66.7 Å². The Morgan fingerprint density at radius 1 is 0.903 bits per heavy atom. The molecular weight excluding hydrogens is 384 g/mol. The Bertz CT molecular complexity index is 1020. The molecule has 1 unspecified atom stereocenters. The molecule has 3 aromatic rings. The number of ether oxygens (including phenoxy) is 1. The number of phenolic OH excluding ortho intramolecular Hbond substituents is 1. The van der Waals surface area contributed by atoms with E-state index in [0.29, 0.717) is 11.7 Å². The number of aryl methyl sites for hydroxylation is 1. The number of benzene rings is 3. The summed E-state index contributed by atoms with van der Waals surface area (Å²) in [6.07, 6.45) is 4.94. The van der Waals surface area contributed by atoms with Crippen LogP contribution in [0.2, 0.25) is 0 Å². The maximum atomic E-state index is 12.6. The van der Waals surface area contributed by atoms with Crippen LogP contribution < -0.4 is 4.74 Å². The van der Waals surface area contributed by atoms with Crippen LogP contribution in [0.3, 0.4) is 0 Å². The minimum atomic E-state index is -0.332. The molecule has 0 saturated heterocycles. The largest absolute Gasteiger partial charge is 0.508 e. The van der Waals surface area contributed by atoms with Crippen LogP contribution >= 0.6 is 0 Å². The lowest BCUT2D eigenvalue weighted by atomic mass is 9.97. The second-order valence-electron chi connectivity index (χ2n) is 8.49. The summed E-state index contributed by atoms with van der Waals surface area (Å²) in [5.41, 5.74) is 5.16. The molecule has 0 aliphatic rings. The highest BCUT2D eigenvalue weighted by Crippen LogP contribution is 2.22. The van der Waals surface area contributed by atoms with Gasteiger partial charge in [0.2, 0.25) is 0 Å². The summed E-state index contributed by atoms with van der Waals surface area (Å²) in [6, 6.07) is 21.1. The quantitative estimate of drug-likeness (QED) is 0.263. The number of aromatic hydroxyl groups is 1. The molecule has 3 aromatic carbocycles. The van der Waals surface area contributed by atoms with Crippen LogP contribution in [0.5, 0.6) is 11.5 Å². The van der Waals surface area contributed by atoms with Crippen LogP contribution in [-0.4, -0.2) is 11.1 Å². The van der Waals surface area contributed by atoms with E-state index in [1.165, 1.54) is 5.56 Å². The summed E-state index contributed by atoms with van der Waals surface area (Å²) in [5, 5.41) is 9.70. The van der Waals surface area contributed by atoms with Gasteiger partial charge in [-0.1, -0.05) is 68.5 Å². The standard InChI is InChI=1S/C28H30O3/c1-19(2)15-23-7-11-25(12-8-23)21(4)28(30)31-27-13-9-22(10-14-27)5-6-24-16-20(3)17-26(29)18-24/h5-14,16-19,21,29H,15H2,1-4H3/b6-5+. The van der Waals surface area contributed by atoms with Gasteiger partial charge >= 0.3 is 5.97 Å². The zero-order valence-electron chi connectivity index (χ0n) is 18.6. The Morgan fingerprint density at radius 2 is 1.55 bits per heavy atom. The third-order valence-corrected chi connectivity index (χ3v) is 5.13. The predicted octanol–water partition coefficient (Wildman–Crippen LogP) is 6.78. The minimum absolute atomic E-state index is 0.255. The van der Waals surface area contributed by atoms with Gasteiger partial charge in [-0.15, -0.1) is 0 Å². The van der Waals surface area contributed by atoms with Crippen LogP contribution in [0.25, 0.3) is 12.2 Å². The van der Waals surface area contributed by atoms with Crippen molar-refractivity contribution < 1.29 is 14.6 Å². The fraction of sp³-hybridized carbons (Fsp3) is 0.250. The molecule has 0 aromatic heterocycles. The highest BCUT2D eigenvalue weighted by atomic mass is 16.5. The summed E-state index contributed by atoms with van der Waals surface area (Å²) in [5.74, 6) is 0.788. The second-order valence-corrected chi connectivity index (χ2v) is 8.49. The van der Waals surface area contributed by atoms with E-state index >= 15 is 0 Å². The van der Waals surface area contributed by atoms with Crippen molar-refractivity contribution in [2.45, 2.75) is 40.0 Å². The number of carbonyl (C=O) groups is 1. The summed E-state index contributed by atoms with van der Waals surface area (Å²) in [6.45, 7) is 8.21. The van der Waals surface area contributed by atoms with Gasteiger partial charge in [0.25, 0.3) is 0 Å². The van der Waals surface area contributed by atoms with Crippen molar-refractivity contribution in [2.24, 2.45) is 5.92 Å². The molecule has 0 bridgehead atoms. The molecular formula is C28H30O3. The van der Waals surface area contributed by atoms with E-state index < -0.39 is 0 Å². The van der Waals surface area contributed by atoms with Gasteiger partial charge in [-0.25, -0.2) is 0 Å². The smallest absolute Gasteiger partial charge is 0.318 e. The van der Waals surface area contributed by atoms with Crippen molar-refractivity contribution in [1.82, 2.24) is 0 Å². The highest BCUT2D eigenvalue weighted by Gasteiger charge is 2.17. The van der Waals surface area contributed by atoms with Crippen LogP contribution in [0.4, 0.5) is 0 Å². The van der Waals surface area contributed by atoms with Crippen LogP contribution in [-0.2, 0) is 11.2 Å². The second kappa shape index (κ2) is 10.1. The molecule has 0 aliphatic heterocycles. The third kappa shape index (κ3) is 6.58. The van der Waals surface area contributed by atoms with E-state index in [4.69, 9.17) is 4.74 Å². The molecule has 0 heterocycles. The van der Waals surface area contributed by atoms with Gasteiger partial charge in [0.1, 0.15) is 11.5 Å². The topological polar surface area (TPSA) is 46.5 Å². The van der Waals surface area contributed by atoms with E-state index in [-0.39, 0.29) is 17.6 Å². The molecule has 1 N–H and O–H groups in total. The first-order valence-electron chi connectivity index (χ1n) is 10.7. The molecule has 0 aliphatic carbocycles. The van der Waals surface area contributed by atoms with E-state index in [1.807, 2.05) is 56.3 Å². The van der Waals surface area contributed by atoms with E-state index in [1.54, 1.807) is 24.3 Å². The molecule has 31 heavy (non-hydrogen) atoms. The van der Waals surface area contributed by atoms with E-state index in [2.05, 4.69) is 26.0 Å². The normalized spacial score (nSPS) is 12.3. The average molecular weight is 415 g/mol. The molecule has 3 rings (SSSR count). The number of esters is 1. The Morgan fingerprint density at radius 3 is 2.16 bits per heavy atom. The van der Waals surface area contributed by atoms with Gasteiger partial charge in [0.15, 0.2) is 0 Å². The molecule has 0 spiro atoms. The summed E-state index contributed by atoms with van der Waals surface area (Å²) in [7, 11) is 0. The van der Waals surface area contributed by atoms with Gasteiger partial charge in [-0.05, 0) is 78.3 Å². The average Bonchev–Trinajstić information content (AvgIpc) is 2.72. The van der Waals surface area contributed by atoms with Gasteiger partial charge in [0, 0.05) is 0 Å². The first-order valence-corrected chi connectivity index (χ1v) is 10.7. The Kier molecular flexibility index (Phi) is 7.30. The minimum Gasteiger partial charge on any atom is -0.508 e. The van der Waals surface area contributed by atoms with Crippen molar-refractivity contribution in [3.8, 4) is 11.5 Å². The van der Waals surface area contributed by atoms with Crippen molar-refractivity contribution in [1.29, 1.82) is 0 Å². The lowest BCUT2D eigenvalue weighted by molar-refractivity contribution is -0.135. The SMILES string of the molecule is Cc1cc(O)cc(/C=C/c2ccc(OC(=O)C(C)c3ccc(CC(C)C)cc3)cc2)c1. The molecule has 0 saturated carbocycles. The van der Waals surface area contributed by atoms with Crippen molar-refractivity contribution in [3.05, 3.63) is 94.5 Å². The Hall–Kier alpha value is -3.33. The number of carbonyl (C=O) groups excluding carboxylic acids is 1. The first kappa shape index (κ1) is 22.4. The number of hydrogen-bond donors (Lipinski definition) is 1. The van der Waals surface area contributed by atoms with Crippen molar-refractivity contribution in [2.75, 3.05) is 0 Å². The lowest BCUT2D eigenvalue weighted by Gasteiger charge is -2.13. The summed E-state index contributed by atoms with van der Waals surface area (Å²) in [4.78, 5) is 12.6. The van der Waals surface area contributed by atoms with Crippen LogP contribution in [0, 0.1) is 12.8 Å². The fourth-order valence-electron chi connectivity index (χ4n) is 3.48. The molecule has 0 fully saturated rings. The number of rotatable bonds is 7. The Balaban J connectivity index is 1.61. The number of phenols is 1. The monoisotopic (exact) mass is 414 g/mol. The van der Waals surface area contributed by atoms with Gasteiger partial charge in [-0.3, -0.25) is 4.79 Å². The highest BCUT2D eigenvalue weighted by molar-refractivity contribution is 5.80. The fourth-order valence-corrected chi connectivity index (χ4v) is 3.48. The van der Waals surface area contributed by atoms with Gasteiger partial charge in [0.05, 0.1) is 5.92 Å². The summed E-state index contributed by atoms with van der Waals surface area (Å²) >= 11 is 0. The third-order valence-electron chi connectivity index (χ3n) is 5.13. The predicted molar refractivity (Wildman–Crippen MR) is 127 cm³/mol. The van der Waals surface area contributed by atoms with Gasteiger partial charge in [-0.2, -0.15) is 0 Å². The zero-order chi connectivity index (χ0) is 22.4. The maximum absolute atomic E-state index is 12.6. The van der Waals surface area contributed by atoms with Crippen LogP contribution in [0.1, 0.15) is 54.5 Å². The zero-order valence-corrected chi connectivity index (χ0v) is 18.6. The first-order chi connectivity index (χ1) is 14.8. The molecule has 3 heteroatoms. The maximum Gasteiger partial charge on any atom is 0.318 e. The van der Waals surface area contributed by atoms with E-state index in [0.717, 1.165) is 28.7 Å². The Labute approximate surface area is 185 Å². The number of hydrogen-bond acceptors (Lipinski definition) is 3. The molecule has 0 radical (unpaired) electrons. The van der Waals surface area contributed by atoms with Crippen molar-refractivity contribution >= 4 is 18.1 Å². The molecule has 0 amide bonds. The molecule has 1 atom stereocenters. The molecule has 160 valence electrons. The van der Waals surface area contributed by atoms with E-state index in [9.17, 15) is 9.90 Å². The van der Waals surface area contributed by atoms with Crippen molar-refractivity contribution in [3.63, 3.8) is 0 Å². The molecule has 3 nitrogen and oxygen atoms in total. The lowest BCUT2D eigenvalue weighted by Crippen LogP contribution is -2.16.